The van der Waals surface area contributed by atoms with Crippen molar-refractivity contribution < 1.29 is 19.0 Å². The first kappa shape index (κ1) is 14.6. The second-order valence-electron chi connectivity index (χ2n) is 3.46. The van der Waals surface area contributed by atoms with Crippen molar-refractivity contribution in [3.05, 3.63) is 16.7 Å². The van der Waals surface area contributed by atoms with Gasteiger partial charge in [-0.25, -0.2) is 0 Å². The van der Waals surface area contributed by atoms with Crippen LogP contribution in [0.25, 0.3) is 0 Å². The molecular weight excluding hydrogens is 258 g/mol. The first-order valence-electron chi connectivity index (χ1n) is 5.26. The quantitative estimate of drug-likeness (QED) is 0.801. The van der Waals surface area contributed by atoms with E-state index in [2.05, 4.69) is 5.32 Å². The molecule has 0 aliphatic rings. The van der Waals surface area contributed by atoms with Gasteiger partial charge >= 0.3 is 0 Å². The third kappa shape index (κ3) is 2.68. The van der Waals surface area contributed by atoms with Crippen molar-refractivity contribution in [2.24, 2.45) is 0 Å². The van der Waals surface area contributed by atoms with Crippen LogP contribution in [0, 0.1) is 0 Å². The zero-order valence-electron chi connectivity index (χ0n) is 10.8. The second-order valence-corrected chi connectivity index (χ2v) is 3.86. The number of ketones is 1. The lowest BCUT2D eigenvalue weighted by Crippen LogP contribution is -2.20. The molecular formula is C12H16ClNO4. The summed E-state index contributed by atoms with van der Waals surface area (Å²) in [4.78, 5) is 12.1. The fraction of sp³-hybridized carbons (Fsp3) is 0.417. The van der Waals surface area contributed by atoms with Crippen LogP contribution < -0.4 is 19.5 Å². The predicted molar refractivity (Wildman–Crippen MR) is 69.4 cm³/mol. The number of ether oxygens (including phenoxy) is 3. The van der Waals surface area contributed by atoms with Crippen LogP contribution in [0.1, 0.15) is 10.4 Å². The standard InChI is InChI=1S/C12H16ClNO4/c1-14-6-8(15)10-11(17-3)7(13)5-9(16-2)12(10)18-4/h5,14H,6H2,1-4H3. The van der Waals surface area contributed by atoms with Crippen LogP contribution in [0.15, 0.2) is 6.07 Å². The van der Waals surface area contributed by atoms with Crippen molar-refractivity contribution in [1.82, 2.24) is 5.32 Å². The molecule has 0 radical (unpaired) electrons. The highest BCUT2D eigenvalue weighted by Crippen LogP contribution is 2.42. The van der Waals surface area contributed by atoms with Gasteiger partial charge in [-0.3, -0.25) is 4.79 Å². The Hall–Kier alpha value is -1.46. The molecule has 0 aromatic heterocycles. The van der Waals surface area contributed by atoms with Gasteiger partial charge in [-0.15, -0.1) is 0 Å². The van der Waals surface area contributed by atoms with Gasteiger partial charge in [-0.05, 0) is 7.05 Å². The average molecular weight is 274 g/mol. The molecule has 0 saturated heterocycles. The summed E-state index contributed by atoms with van der Waals surface area (Å²) in [5, 5.41) is 3.08. The van der Waals surface area contributed by atoms with E-state index in [0.717, 1.165) is 0 Å². The number of hydrogen-bond donors (Lipinski definition) is 1. The largest absolute Gasteiger partial charge is 0.494 e. The molecule has 0 heterocycles. The van der Waals surface area contributed by atoms with Crippen LogP contribution in [0.4, 0.5) is 0 Å². The van der Waals surface area contributed by atoms with Crippen LogP contribution in [0.5, 0.6) is 17.2 Å². The summed E-state index contributed by atoms with van der Waals surface area (Å²) in [5.74, 6) is 0.809. The van der Waals surface area contributed by atoms with Crippen molar-refractivity contribution in [2.75, 3.05) is 34.9 Å². The van der Waals surface area contributed by atoms with Gasteiger partial charge in [-0.2, -0.15) is 0 Å². The van der Waals surface area contributed by atoms with Crippen LogP contribution in [0.2, 0.25) is 5.02 Å². The molecule has 0 bridgehead atoms. The Morgan fingerprint density at radius 2 is 1.83 bits per heavy atom. The number of benzene rings is 1. The highest BCUT2D eigenvalue weighted by molar-refractivity contribution is 6.33. The topological polar surface area (TPSA) is 56.8 Å². The Balaban J connectivity index is 3.50. The molecule has 0 unspecified atom stereocenters. The molecule has 0 fully saturated rings. The van der Waals surface area contributed by atoms with Crippen LogP contribution in [-0.2, 0) is 0 Å². The number of Topliss-reactive ketones (excluding diaryl/α,β-unsaturated/α-hetero) is 1. The van der Waals surface area contributed by atoms with E-state index in [0.29, 0.717) is 16.5 Å². The molecule has 1 aromatic carbocycles. The molecule has 1 rings (SSSR count). The van der Waals surface area contributed by atoms with E-state index >= 15 is 0 Å². The van der Waals surface area contributed by atoms with Gasteiger partial charge in [0.1, 0.15) is 5.56 Å². The van der Waals surface area contributed by atoms with Crippen LogP contribution in [-0.4, -0.2) is 40.7 Å². The number of likely N-dealkylation sites (N-methyl/N-ethyl adjacent to an activating group) is 1. The number of carbonyl (C=O) groups excluding carboxylic acids is 1. The van der Waals surface area contributed by atoms with Gasteiger partial charge in [0.2, 0.25) is 0 Å². The number of methoxy groups -OCH3 is 3. The number of carbonyl (C=O) groups is 1. The Morgan fingerprint density at radius 3 is 2.28 bits per heavy atom. The van der Waals surface area contributed by atoms with E-state index in [1.165, 1.54) is 21.3 Å². The summed E-state index contributed by atoms with van der Waals surface area (Å²) in [6, 6.07) is 1.55. The van der Waals surface area contributed by atoms with Gasteiger partial charge in [0.25, 0.3) is 0 Å². The molecule has 0 aliphatic heterocycles. The monoisotopic (exact) mass is 273 g/mol. The lowest BCUT2D eigenvalue weighted by Gasteiger charge is -2.16. The third-order valence-corrected chi connectivity index (χ3v) is 2.68. The Bertz CT molecular complexity index is 448. The molecule has 0 spiro atoms. The number of halogens is 1. The first-order valence-corrected chi connectivity index (χ1v) is 5.64. The van der Waals surface area contributed by atoms with Gasteiger partial charge < -0.3 is 19.5 Å². The van der Waals surface area contributed by atoms with E-state index in [9.17, 15) is 4.79 Å². The van der Waals surface area contributed by atoms with Crippen molar-refractivity contribution in [1.29, 1.82) is 0 Å². The van der Waals surface area contributed by atoms with Gasteiger partial charge in [-0.1, -0.05) is 11.6 Å². The van der Waals surface area contributed by atoms with Crippen LogP contribution >= 0.6 is 11.6 Å². The van der Waals surface area contributed by atoms with E-state index in [4.69, 9.17) is 25.8 Å². The zero-order valence-corrected chi connectivity index (χ0v) is 11.6. The summed E-state index contributed by atoms with van der Waals surface area (Å²) in [6.07, 6.45) is 0. The zero-order chi connectivity index (χ0) is 13.7. The fourth-order valence-corrected chi connectivity index (χ4v) is 1.92. The van der Waals surface area contributed by atoms with E-state index in [1.54, 1.807) is 13.1 Å². The summed E-state index contributed by atoms with van der Waals surface area (Å²) in [6.45, 7) is 0.149. The minimum Gasteiger partial charge on any atom is -0.494 e. The van der Waals surface area contributed by atoms with Crippen molar-refractivity contribution in [2.45, 2.75) is 0 Å². The normalized spacial score (nSPS) is 10.1. The maximum absolute atomic E-state index is 12.1. The number of nitrogens with one attached hydrogen (secondary N) is 1. The van der Waals surface area contributed by atoms with E-state index in [-0.39, 0.29) is 23.6 Å². The maximum Gasteiger partial charge on any atom is 0.184 e. The molecule has 1 N–H and O–H groups in total. The average Bonchev–Trinajstić information content (AvgIpc) is 2.37. The minimum atomic E-state index is -0.188. The Kier molecular flexibility index (Phi) is 5.25. The van der Waals surface area contributed by atoms with E-state index < -0.39 is 0 Å². The first-order chi connectivity index (χ1) is 8.60. The highest BCUT2D eigenvalue weighted by Gasteiger charge is 2.24. The summed E-state index contributed by atoms with van der Waals surface area (Å²) < 4.78 is 15.5. The molecule has 1 aromatic rings. The fourth-order valence-electron chi connectivity index (χ4n) is 1.65. The summed E-state index contributed by atoms with van der Waals surface area (Å²) in [7, 11) is 6.07. The maximum atomic E-state index is 12.1. The molecule has 0 amide bonds. The van der Waals surface area contributed by atoms with Crippen LogP contribution in [0.3, 0.4) is 0 Å². The molecule has 18 heavy (non-hydrogen) atoms. The number of rotatable bonds is 6. The molecule has 0 saturated carbocycles. The van der Waals surface area contributed by atoms with Crippen molar-refractivity contribution >= 4 is 17.4 Å². The Morgan fingerprint density at radius 1 is 1.22 bits per heavy atom. The lowest BCUT2D eigenvalue weighted by molar-refractivity contribution is 0.0987. The highest BCUT2D eigenvalue weighted by atomic mass is 35.5. The molecule has 6 heteroatoms. The summed E-state index contributed by atoms with van der Waals surface area (Å²) in [5.41, 5.74) is 0.277. The summed E-state index contributed by atoms with van der Waals surface area (Å²) >= 11 is 6.05. The smallest absolute Gasteiger partial charge is 0.184 e. The molecule has 100 valence electrons. The molecule has 5 nitrogen and oxygen atoms in total. The second kappa shape index (κ2) is 6.47. The third-order valence-electron chi connectivity index (χ3n) is 2.40. The van der Waals surface area contributed by atoms with Gasteiger partial charge in [0.05, 0.1) is 32.9 Å². The van der Waals surface area contributed by atoms with Gasteiger partial charge in [0, 0.05) is 6.07 Å². The number of hydrogen-bond acceptors (Lipinski definition) is 5. The molecule has 0 atom stereocenters. The predicted octanol–water partition coefficient (Wildman–Crippen LogP) is 1.77. The van der Waals surface area contributed by atoms with Gasteiger partial charge in [0.15, 0.2) is 23.0 Å². The SMILES string of the molecule is CNCC(=O)c1c(OC)c(Cl)cc(OC)c1OC. The van der Waals surface area contributed by atoms with E-state index in [1.807, 2.05) is 0 Å². The molecule has 0 aliphatic carbocycles. The Labute approximate surface area is 111 Å². The van der Waals surface area contributed by atoms with Crippen molar-refractivity contribution in [3.8, 4) is 17.2 Å². The minimum absolute atomic E-state index is 0.149. The lowest BCUT2D eigenvalue weighted by atomic mass is 10.1. The van der Waals surface area contributed by atoms with Crippen molar-refractivity contribution in [3.63, 3.8) is 0 Å².